The van der Waals surface area contributed by atoms with E-state index in [1.807, 2.05) is 37.3 Å². The van der Waals surface area contributed by atoms with Crippen LogP contribution in [0.5, 0.6) is 0 Å². The van der Waals surface area contributed by atoms with Gasteiger partial charge in [0.25, 0.3) is 0 Å². The van der Waals surface area contributed by atoms with Gasteiger partial charge in [-0.2, -0.15) is 11.8 Å². The van der Waals surface area contributed by atoms with Gasteiger partial charge < -0.3 is 5.32 Å². The molecule has 0 saturated heterocycles. The lowest BCUT2D eigenvalue weighted by Crippen LogP contribution is -2.13. The van der Waals surface area contributed by atoms with Gasteiger partial charge in [0, 0.05) is 28.6 Å². The van der Waals surface area contributed by atoms with Crippen molar-refractivity contribution in [1.82, 2.24) is 0 Å². The Bertz CT molecular complexity index is 601. The molecule has 2 aromatic rings. The molecule has 4 heteroatoms. The highest BCUT2D eigenvalue weighted by molar-refractivity contribution is 7.98. The minimum absolute atomic E-state index is 0.0426. The zero-order valence-corrected chi connectivity index (χ0v) is 13.5. The van der Waals surface area contributed by atoms with E-state index in [0.717, 1.165) is 22.8 Å². The number of rotatable bonds is 6. The number of nitrogens with one attached hydrogen (secondary N) is 1. The molecular weight excluding hydrogens is 302 g/mol. The highest BCUT2D eigenvalue weighted by Crippen LogP contribution is 2.20. The van der Waals surface area contributed by atoms with Crippen molar-refractivity contribution in [2.45, 2.75) is 19.1 Å². The second-order valence-electron chi connectivity index (χ2n) is 4.80. The van der Waals surface area contributed by atoms with E-state index in [9.17, 15) is 4.79 Å². The number of carbonyl (C=O) groups is 1. The Kier molecular flexibility index (Phi) is 6.15. The van der Waals surface area contributed by atoms with Crippen LogP contribution in [-0.2, 0) is 10.5 Å². The van der Waals surface area contributed by atoms with Gasteiger partial charge in [-0.05, 0) is 36.2 Å². The Morgan fingerprint density at radius 1 is 1.19 bits per heavy atom. The Hall–Kier alpha value is -1.45. The van der Waals surface area contributed by atoms with Crippen LogP contribution >= 0.6 is 23.4 Å². The van der Waals surface area contributed by atoms with Crippen LogP contribution in [0.1, 0.15) is 17.5 Å². The SMILES string of the molecule is Cc1cc(Cl)ccc1NC(=O)CCSCc1ccccc1. The Morgan fingerprint density at radius 2 is 1.95 bits per heavy atom. The molecule has 0 aliphatic carbocycles. The van der Waals surface area contributed by atoms with Crippen molar-refractivity contribution < 1.29 is 4.79 Å². The average molecular weight is 320 g/mol. The first-order chi connectivity index (χ1) is 10.1. The number of halogens is 1. The molecule has 0 spiro atoms. The van der Waals surface area contributed by atoms with E-state index in [2.05, 4.69) is 17.4 Å². The number of benzene rings is 2. The maximum Gasteiger partial charge on any atom is 0.225 e. The van der Waals surface area contributed by atoms with E-state index in [0.29, 0.717) is 11.4 Å². The number of hydrogen-bond acceptors (Lipinski definition) is 2. The van der Waals surface area contributed by atoms with Crippen molar-refractivity contribution >= 4 is 35.0 Å². The van der Waals surface area contributed by atoms with Gasteiger partial charge in [0.2, 0.25) is 5.91 Å². The summed E-state index contributed by atoms with van der Waals surface area (Å²) in [6.45, 7) is 1.94. The van der Waals surface area contributed by atoms with Gasteiger partial charge in [0.05, 0.1) is 0 Å². The number of amides is 1. The van der Waals surface area contributed by atoms with Crippen molar-refractivity contribution in [2.75, 3.05) is 11.1 Å². The molecule has 2 aromatic carbocycles. The van der Waals surface area contributed by atoms with E-state index in [4.69, 9.17) is 11.6 Å². The van der Waals surface area contributed by atoms with Gasteiger partial charge in [-0.3, -0.25) is 4.79 Å². The molecule has 0 saturated carbocycles. The predicted molar refractivity (Wildman–Crippen MR) is 92.0 cm³/mol. The lowest BCUT2D eigenvalue weighted by molar-refractivity contribution is -0.115. The third-order valence-corrected chi connectivity index (χ3v) is 4.31. The van der Waals surface area contributed by atoms with Crippen LogP contribution in [0.2, 0.25) is 5.02 Å². The van der Waals surface area contributed by atoms with Crippen molar-refractivity contribution in [2.24, 2.45) is 0 Å². The Labute approximate surface area is 134 Å². The number of hydrogen-bond donors (Lipinski definition) is 1. The van der Waals surface area contributed by atoms with Crippen LogP contribution < -0.4 is 5.32 Å². The van der Waals surface area contributed by atoms with Gasteiger partial charge in [-0.25, -0.2) is 0 Å². The molecular formula is C17H18ClNOS. The van der Waals surface area contributed by atoms with Crippen molar-refractivity contribution in [3.63, 3.8) is 0 Å². The average Bonchev–Trinajstić information content (AvgIpc) is 2.48. The van der Waals surface area contributed by atoms with Crippen molar-refractivity contribution in [3.05, 3.63) is 64.7 Å². The fourth-order valence-electron chi connectivity index (χ4n) is 1.91. The highest BCUT2D eigenvalue weighted by Gasteiger charge is 2.05. The molecule has 0 aliphatic heterocycles. The fourth-order valence-corrected chi connectivity index (χ4v) is 3.04. The van der Waals surface area contributed by atoms with E-state index >= 15 is 0 Å². The zero-order valence-electron chi connectivity index (χ0n) is 11.9. The van der Waals surface area contributed by atoms with Gasteiger partial charge in [0.15, 0.2) is 0 Å². The van der Waals surface area contributed by atoms with Gasteiger partial charge >= 0.3 is 0 Å². The molecule has 0 aliphatic rings. The quantitative estimate of drug-likeness (QED) is 0.766. The molecule has 0 unspecified atom stereocenters. The topological polar surface area (TPSA) is 29.1 Å². The number of anilines is 1. The van der Waals surface area contributed by atoms with Crippen LogP contribution in [0.3, 0.4) is 0 Å². The Morgan fingerprint density at radius 3 is 2.67 bits per heavy atom. The smallest absolute Gasteiger partial charge is 0.225 e. The fraction of sp³-hybridized carbons (Fsp3) is 0.235. The molecule has 0 heterocycles. The zero-order chi connectivity index (χ0) is 15.1. The lowest BCUT2D eigenvalue weighted by Gasteiger charge is -2.08. The minimum atomic E-state index is 0.0426. The molecule has 2 rings (SSSR count). The van der Waals surface area contributed by atoms with Crippen LogP contribution in [0.25, 0.3) is 0 Å². The summed E-state index contributed by atoms with van der Waals surface area (Å²) in [6.07, 6.45) is 0.513. The van der Waals surface area contributed by atoms with Crippen LogP contribution in [0.15, 0.2) is 48.5 Å². The second-order valence-corrected chi connectivity index (χ2v) is 6.34. The maximum atomic E-state index is 11.9. The molecule has 0 bridgehead atoms. The van der Waals surface area contributed by atoms with E-state index < -0.39 is 0 Å². The van der Waals surface area contributed by atoms with Gasteiger partial charge in [-0.15, -0.1) is 0 Å². The van der Waals surface area contributed by atoms with E-state index in [1.165, 1.54) is 5.56 Å². The molecule has 2 nitrogen and oxygen atoms in total. The lowest BCUT2D eigenvalue weighted by atomic mass is 10.2. The normalized spacial score (nSPS) is 10.4. The first kappa shape index (κ1) is 15.9. The number of thioether (sulfide) groups is 1. The minimum Gasteiger partial charge on any atom is -0.326 e. The number of carbonyl (C=O) groups excluding carboxylic acids is 1. The van der Waals surface area contributed by atoms with Gasteiger partial charge in [-0.1, -0.05) is 41.9 Å². The summed E-state index contributed by atoms with van der Waals surface area (Å²) in [5, 5.41) is 3.61. The highest BCUT2D eigenvalue weighted by atomic mass is 35.5. The van der Waals surface area contributed by atoms with Crippen LogP contribution in [0.4, 0.5) is 5.69 Å². The number of aryl methyl sites for hydroxylation is 1. The molecule has 0 radical (unpaired) electrons. The van der Waals surface area contributed by atoms with E-state index in [1.54, 1.807) is 17.8 Å². The summed E-state index contributed by atoms with van der Waals surface area (Å²) in [4.78, 5) is 11.9. The first-order valence-corrected chi connectivity index (χ1v) is 8.36. The summed E-state index contributed by atoms with van der Waals surface area (Å²) in [5.41, 5.74) is 3.10. The molecule has 21 heavy (non-hydrogen) atoms. The van der Waals surface area contributed by atoms with Crippen molar-refractivity contribution in [3.8, 4) is 0 Å². The molecule has 0 aromatic heterocycles. The second kappa shape index (κ2) is 8.11. The molecule has 0 fully saturated rings. The Balaban J connectivity index is 1.72. The summed E-state index contributed by atoms with van der Waals surface area (Å²) >= 11 is 7.67. The molecule has 1 N–H and O–H groups in total. The monoisotopic (exact) mass is 319 g/mol. The summed E-state index contributed by atoms with van der Waals surface area (Å²) in [6, 6.07) is 15.8. The van der Waals surface area contributed by atoms with Gasteiger partial charge in [0.1, 0.15) is 0 Å². The largest absolute Gasteiger partial charge is 0.326 e. The third-order valence-electron chi connectivity index (χ3n) is 3.05. The maximum absolute atomic E-state index is 11.9. The van der Waals surface area contributed by atoms with Crippen LogP contribution in [0, 0.1) is 6.92 Å². The summed E-state index contributed by atoms with van der Waals surface area (Å²) in [5.74, 6) is 1.79. The van der Waals surface area contributed by atoms with Crippen LogP contribution in [-0.4, -0.2) is 11.7 Å². The summed E-state index contributed by atoms with van der Waals surface area (Å²) in [7, 11) is 0. The molecule has 110 valence electrons. The summed E-state index contributed by atoms with van der Waals surface area (Å²) < 4.78 is 0. The standard InChI is InChI=1S/C17H18ClNOS/c1-13-11-15(18)7-8-16(13)19-17(20)9-10-21-12-14-5-3-2-4-6-14/h2-8,11H,9-10,12H2,1H3,(H,19,20). The van der Waals surface area contributed by atoms with Crippen molar-refractivity contribution in [1.29, 1.82) is 0 Å². The molecule has 0 atom stereocenters. The van der Waals surface area contributed by atoms with E-state index in [-0.39, 0.29) is 5.91 Å². The first-order valence-electron chi connectivity index (χ1n) is 6.83. The third kappa shape index (κ3) is 5.44. The predicted octanol–water partition coefficient (Wildman–Crippen LogP) is 4.91. The molecule has 1 amide bonds.